The zero-order valence-corrected chi connectivity index (χ0v) is 7.27. The van der Waals surface area contributed by atoms with Gasteiger partial charge in [-0.3, -0.25) is 0 Å². The molecule has 1 radical (unpaired) electrons. The van der Waals surface area contributed by atoms with Crippen molar-refractivity contribution >= 4 is 0 Å². The first kappa shape index (κ1) is 7.86. The van der Waals surface area contributed by atoms with E-state index < -0.39 is 0 Å². The summed E-state index contributed by atoms with van der Waals surface area (Å²) in [5.41, 5.74) is 0. The van der Waals surface area contributed by atoms with Crippen LogP contribution in [0.4, 0.5) is 0 Å². The summed E-state index contributed by atoms with van der Waals surface area (Å²) in [6, 6.07) is 8.47. The van der Waals surface area contributed by atoms with E-state index in [1.807, 2.05) is 35.2 Å². The van der Waals surface area contributed by atoms with Gasteiger partial charge in [-0.05, 0) is 18.2 Å². The third-order valence-electron chi connectivity index (χ3n) is 1.77. The molecule has 0 aliphatic heterocycles. The minimum Gasteiger partial charge on any atom is -0.495 e. The Bertz CT molecular complexity index is 381. The smallest absolute Gasteiger partial charge is 0.136 e. The number of ether oxygens (including phenoxy) is 1. The molecule has 0 atom stereocenters. The Balaban J connectivity index is 2.36. The topological polar surface area (TPSA) is 27.1 Å². The second kappa shape index (κ2) is 3.31. The molecule has 0 spiro atoms. The maximum atomic E-state index is 5.06. The molecule has 2 aromatic heterocycles. The SMILES string of the molecule is COc1ccn(-c2cc[c]cn2)c1. The van der Waals surface area contributed by atoms with E-state index in [0.29, 0.717) is 0 Å². The maximum Gasteiger partial charge on any atom is 0.136 e. The van der Waals surface area contributed by atoms with Gasteiger partial charge < -0.3 is 9.30 Å². The lowest BCUT2D eigenvalue weighted by atomic mass is 10.5. The van der Waals surface area contributed by atoms with Crippen LogP contribution in [-0.2, 0) is 0 Å². The average molecular weight is 173 g/mol. The first-order valence-corrected chi connectivity index (χ1v) is 3.94. The van der Waals surface area contributed by atoms with Gasteiger partial charge in [0, 0.05) is 18.5 Å². The Labute approximate surface area is 76.6 Å². The van der Waals surface area contributed by atoms with Crippen LogP contribution in [0, 0.1) is 6.07 Å². The summed E-state index contributed by atoms with van der Waals surface area (Å²) in [5, 5.41) is 0. The molecule has 0 saturated carbocycles. The molecule has 13 heavy (non-hydrogen) atoms. The van der Waals surface area contributed by atoms with Crippen molar-refractivity contribution in [3.63, 3.8) is 0 Å². The molecular formula is C10H9N2O. The van der Waals surface area contributed by atoms with E-state index in [9.17, 15) is 0 Å². The highest BCUT2D eigenvalue weighted by Crippen LogP contribution is 2.13. The first-order chi connectivity index (χ1) is 6.40. The van der Waals surface area contributed by atoms with Crippen LogP contribution in [0.5, 0.6) is 5.75 Å². The fourth-order valence-corrected chi connectivity index (χ4v) is 1.11. The maximum absolute atomic E-state index is 5.06. The number of pyridine rings is 1. The lowest BCUT2D eigenvalue weighted by molar-refractivity contribution is 0.415. The Morgan fingerprint density at radius 3 is 3.00 bits per heavy atom. The Kier molecular flexibility index (Phi) is 2.00. The van der Waals surface area contributed by atoms with Gasteiger partial charge in [0.1, 0.15) is 11.6 Å². The van der Waals surface area contributed by atoms with Gasteiger partial charge in [0.15, 0.2) is 0 Å². The molecule has 0 aromatic carbocycles. The normalized spacial score (nSPS) is 9.92. The zero-order valence-electron chi connectivity index (χ0n) is 7.27. The van der Waals surface area contributed by atoms with E-state index in [0.717, 1.165) is 11.6 Å². The quantitative estimate of drug-likeness (QED) is 0.690. The largest absolute Gasteiger partial charge is 0.495 e. The van der Waals surface area contributed by atoms with E-state index >= 15 is 0 Å². The number of methoxy groups -OCH3 is 1. The van der Waals surface area contributed by atoms with Crippen LogP contribution in [0.15, 0.2) is 36.8 Å². The van der Waals surface area contributed by atoms with Crippen molar-refractivity contribution in [2.75, 3.05) is 7.11 Å². The van der Waals surface area contributed by atoms with E-state index in [2.05, 4.69) is 11.1 Å². The molecule has 3 heteroatoms. The van der Waals surface area contributed by atoms with Gasteiger partial charge in [-0.2, -0.15) is 0 Å². The summed E-state index contributed by atoms with van der Waals surface area (Å²) in [6.07, 6.45) is 5.42. The monoisotopic (exact) mass is 173 g/mol. The van der Waals surface area contributed by atoms with Crippen LogP contribution in [0.25, 0.3) is 5.82 Å². The molecule has 2 rings (SSSR count). The summed E-state index contributed by atoms with van der Waals surface area (Å²) in [5.74, 6) is 1.69. The molecule has 3 nitrogen and oxygen atoms in total. The zero-order chi connectivity index (χ0) is 9.10. The minimum absolute atomic E-state index is 0.828. The van der Waals surface area contributed by atoms with Crippen molar-refractivity contribution in [3.8, 4) is 11.6 Å². The number of hydrogen-bond acceptors (Lipinski definition) is 2. The minimum atomic E-state index is 0.828. The van der Waals surface area contributed by atoms with Crippen molar-refractivity contribution in [3.05, 3.63) is 42.9 Å². The molecule has 0 unspecified atom stereocenters. The highest BCUT2D eigenvalue weighted by molar-refractivity contribution is 5.28. The highest BCUT2D eigenvalue weighted by Gasteiger charge is 1.97. The van der Waals surface area contributed by atoms with Crippen molar-refractivity contribution in [2.45, 2.75) is 0 Å². The van der Waals surface area contributed by atoms with Crippen LogP contribution < -0.4 is 4.74 Å². The van der Waals surface area contributed by atoms with E-state index in [4.69, 9.17) is 4.74 Å². The van der Waals surface area contributed by atoms with E-state index in [1.54, 1.807) is 13.3 Å². The molecule has 65 valence electrons. The van der Waals surface area contributed by atoms with Gasteiger partial charge >= 0.3 is 0 Å². The third-order valence-corrected chi connectivity index (χ3v) is 1.77. The second-order valence-electron chi connectivity index (χ2n) is 2.57. The summed E-state index contributed by atoms with van der Waals surface area (Å²) < 4.78 is 6.96. The molecule has 0 amide bonds. The average Bonchev–Trinajstić information content (AvgIpc) is 2.67. The van der Waals surface area contributed by atoms with Crippen LogP contribution >= 0.6 is 0 Å². The van der Waals surface area contributed by atoms with Crippen molar-refractivity contribution in [1.82, 2.24) is 9.55 Å². The Hall–Kier alpha value is -1.77. The molecular weight excluding hydrogens is 164 g/mol. The molecule has 0 N–H and O–H groups in total. The van der Waals surface area contributed by atoms with E-state index in [1.165, 1.54) is 0 Å². The van der Waals surface area contributed by atoms with Gasteiger partial charge in [-0.25, -0.2) is 4.98 Å². The van der Waals surface area contributed by atoms with Crippen molar-refractivity contribution in [2.24, 2.45) is 0 Å². The molecule has 0 fully saturated rings. The van der Waals surface area contributed by atoms with Crippen LogP contribution in [0.2, 0.25) is 0 Å². The van der Waals surface area contributed by atoms with Gasteiger partial charge in [0.25, 0.3) is 0 Å². The summed E-state index contributed by atoms with van der Waals surface area (Å²) in [6.45, 7) is 0. The molecule has 2 aromatic rings. The second-order valence-corrected chi connectivity index (χ2v) is 2.57. The summed E-state index contributed by atoms with van der Waals surface area (Å²) >= 11 is 0. The highest BCUT2D eigenvalue weighted by atomic mass is 16.5. The Morgan fingerprint density at radius 1 is 1.46 bits per heavy atom. The molecule has 0 saturated heterocycles. The number of aromatic nitrogens is 2. The van der Waals surface area contributed by atoms with E-state index in [-0.39, 0.29) is 0 Å². The predicted octanol–water partition coefficient (Wildman–Crippen LogP) is 1.68. The lowest BCUT2D eigenvalue weighted by Gasteiger charge is -1.98. The van der Waals surface area contributed by atoms with Gasteiger partial charge in [-0.15, -0.1) is 0 Å². The van der Waals surface area contributed by atoms with Crippen LogP contribution in [0.1, 0.15) is 0 Å². The fraction of sp³-hybridized carbons (Fsp3) is 0.100. The molecule has 2 heterocycles. The third kappa shape index (κ3) is 1.54. The summed E-state index contributed by atoms with van der Waals surface area (Å²) in [4.78, 5) is 4.15. The number of nitrogens with zero attached hydrogens (tertiary/aromatic N) is 2. The lowest BCUT2D eigenvalue weighted by Crippen LogP contribution is -1.92. The molecule has 0 aliphatic rings. The number of hydrogen-bond donors (Lipinski definition) is 0. The van der Waals surface area contributed by atoms with Crippen LogP contribution in [0.3, 0.4) is 0 Å². The number of rotatable bonds is 2. The Morgan fingerprint density at radius 2 is 2.38 bits per heavy atom. The van der Waals surface area contributed by atoms with Crippen molar-refractivity contribution in [1.29, 1.82) is 0 Å². The van der Waals surface area contributed by atoms with Gasteiger partial charge in [-0.1, -0.05) is 0 Å². The van der Waals surface area contributed by atoms with Gasteiger partial charge in [0.05, 0.1) is 13.3 Å². The first-order valence-electron chi connectivity index (χ1n) is 3.94. The van der Waals surface area contributed by atoms with Crippen molar-refractivity contribution < 1.29 is 4.74 Å². The molecule has 0 aliphatic carbocycles. The fourth-order valence-electron chi connectivity index (χ4n) is 1.11. The van der Waals surface area contributed by atoms with Gasteiger partial charge in [0.2, 0.25) is 0 Å². The molecule has 0 bridgehead atoms. The van der Waals surface area contributed by atoms with Crippen LogP contribution in [-0.4, -0.2) is 16.7 Å². The predicted molar refractivity (Wildman–Crippen MR) is 49.0 cm³/mol. The standard InChI is InChI=1S/C10H9N2O/c1-13-9-5-7-12(8-9)10-4-2-3-6-11-10/h2,4-8H,1H3. The summed E-state index contributed by atoms with van der Waals surface area (Å²) in [7, 11) is 1.64.